The van der Waals surface area contributed by atoms with E-state index in [0.717, 1.165) is 0 Å². The number of carbonyl (C=O) groups is 2. The molecule has 0 heterocycles. The molecule has 0 rings (SSSR count). The van der Waals surface area contributed by atoms with Crippen LogP contribution in [0.1, 0.15) is 6.92 Å². The second-order valence-electron chi connectivity index (χ2n) is 3.67. The zero-order chi connectivity index (χ0) is 12.6. The number of nitrogens with zero attached hydrogens (tertiary/aromatic N) is 1. The summed E-state index contributed by atoms with van der Waals surface area (Å²) in [5, 5.41) is 2.75. The van der Waals surface area contributed by atoms with Crippen molar-refractivity contribution in [3.8, 4) is 0 Å². The van der Waals surface area contributed by atoms with Crippen molar-refractivity contribution in [2.75, 3.05) is 41.0 Å². The highest BCUT2D eigenvalue weighted by Crippen LogP contribution is 1.87. The Kier molecular flexibility index (Phi) is 7.49. The minimum atomic E-state index is -0.361. The van der Waals surface area contributed by atoms with Crippen molar-refractivity contribution < 1.29 is 19.1 Å². The number of nitrogens with one attached hydrogen (secondary N) is 1. The lowest BCUT2D eigenvalue weighted by molar-refractivity contribution is -0.141. The van der Waals surface area contributed by atoms with Crippen LogP contribution in [0.25, 0.3) is 0 Å². The van der Waals surface area contributed by atoms with Gasteiger partial charge in [-0.3, -0.25) is 14.5 Å². The molecule has 0 fully saturated rings. The van der Waals surface area contributed by atoms with Crippen LogP contribution in [0.5, 0.6) is 0 Å². The number of esters is 1. The molecule has 0 spiro atoms. The fourth-order valence-corrected chi connectivity index (χ4v) is 1.20. The Morgan fingerprint density at radius 3 is 2.44 bits per heavy atom. The molecule has 1 N–H and O–H groups in total. The van der Waals surface area contributed by atoms with Gasteiger partial charge in [-0.2, -0.15) is 0 Å². The van der Waals surface area contributed by atoms with Crippen LogP contribution in [-0.4, -0.2) is 63.8 Å². The number of amides is 1. The van der Waals surface area contributed by atoms with Gasteiger partial charge in [0, 0.05) is 13.2 Å². The van der Waals surface area contributed by atoms with E-state index in [-0.39, 0.29) is 31.0 Å². The number of hydrogen-bond acceptors (Lipinski definition) is 5. The smallest absolute Gasteiger partial charge is 0.319 e. The van der Waals surface area contributed by atoms with E-state index in [1.165, 1.54) is 7.11 Å². The van der Waals surface area contributed by atoms with E-state index < -0.39 is 0 Å². The molecule has 0 aliphatic heterocycles. The Hall–Kier alpha value is -1.14. The third-order valence-electron chi connectivity index (χ3n) is 1.86. The molecule has 0 aromatic rings. The average Bonchev–Trinajstić information content (AvgIpc) is 2.16. The lowest BCUT2D eigenvalue weighted by Crippen LogP contribution is -2.42. The van der Waals surface area contributed by atoms with Crippen LogP contribution in [0.15, 0.2) is 0 Å². The predicted molar refractivity (Wildman–Crippen MR) is 59.0 cm³/mol. The van der Waals surface area contributed by atoms with Gasteiger partial charge in [0.2, 0.25) is 5.91 Å². The van der Waals surface area contributed by atoms with Gasteiger partial charge >= 0.3 is 5.97 Å². The molecule has 1 amide bonds. The summed E-state index contributed by atoms with van der Waals surface area (Å²) < 4.78 is 9.38. The quantitative estimate of drug-likeness (QED) is 0.585. The molecule has 0 aromatic carbocycles. The highest BCUT2D eigenvalue weighted by molar-refractivity contribution is 5.79. The summed E-state index contributed by atoms with van der Waals surface area (Å²) in [5.74, 6) is -0.504. The van der Waals surface area contributed by atoms with Crippen molar-refractivity contribution in [2.45, 2.75) is 13.0 Å². The number of methoxy groups -OCH3 is 2. The summed E-state index contributed by atoms with van der Waals surface area (Å²) >= 11 is 0. The first-order valence-corrected chi connectivity index (χ1v) is 5.03. The van der Waals surface area contributed by atoms with Gasteiger partial charge in [-0.25, -0.2) is 0 Å². The maximum Gasteiger partial charge on any atom is 0.319 e. The molecule has 0 saturated carbocycles. The molecule has 0 aliphatic rings. The molecular weight excluding hydrogens is 212 g/mol. The van der Waals surface area contributed by atoms with Crippen LogP contribution < -0.4 is 5.32 Å². The van der Waals surface area contributed by atoms with Crippen molar-refractivity contribution in [2.24, 2.45) is 0 Å². The van der Waals surface area contributed by atoms with Crippen LogP contribution in [-0.2, 0) is 19.1 Å². The summed E-state index contributed by atoms with van der Waals surface area (Å²) in [6.45, 7) is 2.57. The average molecular weight is 232 g/mol. The molecule has 6 nitrogen and oxygen atoms in total. The third kappa shape index (κ3) is 7.19. The number of rotatable bonds is 7. The van der Waals surface area contributed by atoms with E-state index in [0.29, 0.717) is 6.61 Å². The lowest BCUT2D eigenvalue weighted by atomic mass is 10.3. The fraction of sp³-hybridized carbons (Fsp3) is 0.800. The van der Waals surface area contributed by atoms with Crippen LogP contribution in [0.4, 0.5) is 0 Å². The van der Waals surface area contributed by atoms with Crippen molar-refractivity contribution in [3.63, 3.8) is 0 Å². The van der Waals surface area contributed by atoms with Crippen LogP contribution >= 0.6 is 0 Å². The minimum absolute atomic E-state index is 0.0379. The Morgan fingerprint density at radius 2 is 1.94 bits per heavy atom. The highest BCUT2D eigenvalue weighted by atomic mass is 16.5. The SMILES string of the molecule is COCC(C)NC(=O)CN(C)CC(=O)OC. The molecule has 0 radical (unpaired) electrons. The molecule has 94 valence electrons. The lowest BCUT2D eigenvalue weighted by Gasteiger charge is -2.17. The van der Waals surface area contributed by atoms with Crippen molar-refractivity contribution in [1.82, 2.24) is 10.2 Å². The predicted octanol–water partition coefficient (Wildman–Crippen LogP) is -0.758. The number of carbonyl (C=O) groups excluding carboxylic acids is 2. The van der Waals surface area contributed by atoms with Crippen molar-refractivity contribution in [1.29, 1.82) is 0 Å². The summed E-state index contributed by atoms with van der Waals surface area (Å²) in [5.41, 5.74) is 0. The normalized spacial score (nSPS) is 12.3. The monoisotopic (exact) mass is 232 g/mol. The Balaban J connectivity index is 3.82. The Labute approximate surface area is 95.9 Å². The van der Waals surface area contributed by atoms with Gasteiger partial charge in [0.1, 0.15) is 0 Å². The van der Waals surface area contributed by atoms with E-state index in [2.05, 4.69) is 10.1 Å². The highest BCUT2D eigenvalue weighted by Gasteiger charge is 2.12. The van der Waals surface area contributed by atoms with Gasteiger partial charge < -0.3 is 14.8 Å². The molecule has 0 bridgehead atoms. The second kappa shape index (κ2) is 8.06. The molecule has 1 unspecified atom stereocenters. The van der Waals surface area contributed by atoms with Crippen molar-refractivity contribution in [3.05, 3.63) is 0 Å². The maximum absolute atomic E-state index is 11.4. The molecule has 0 aromatic heterocycles. The molecule has 0 saturated heterocycles. The maximum atomic E-state index is 11.4. The van der Waals surface area contributed by atoms with Gasteiger partial charge in [-0.15, -0.1) is 0 Å². The first-order valence-electron chi connectivity index (χ1n) is 5.03. The standard InChI is InChI=1S/C10H20N2O4/c1-8(7-15-3)11-9(13)5-12(2)6-10(14)16-4/h8H,5-7H2,1-4H3,(H,11,13). The fourth-order valence-electron chi connectivity index (χ4n) is 1.20. The Bertz CT molecular complexity index is 233. The van der Waals surface area contributed by atoms with Gasteiger partial charge in [-0.1, -0.05) is 0 Å². The topological polar surface area (TPSA) is 67.9 Å². The number of likely N-dealkylation sites (N-methyl/N-ethyl adjacent to an activating group) is 1. The summed E-state index contributed by atoms with van der Waals surface area (Å²) in [6, 6.07) is -0.0379. The van der Waals surface area contributed by atoms with Crippen LogP contribution in [0.2, 0.25) is 0 Å². The molecule has 6 heteroatoms. The van der Waals surface area contributed by atoms with E-state index in [4.69, 9.17) is 4.74 Å². The summed E-state index contributed by atoms with van der Waals surface area (Å²) in [6.07, 6.45) is 0. The largest absolute Gasteiger partial charge is 0.468 e. The molecule has 0 aliphatic carbocycles. The summed E-state index contributed by atoms with van der Waals surface area (Å²) in [7, 11) is 4.57. The van der Waals surface area contributed by atoms with Crippen molar-refractivity contribution >= 4 is 11.9 Å². The van der Waals surface area contributed by atoms with E-state index >= 15 is 0 Å². The van der Waals surface area contributed by atoms with Gasteiger partial charge in [0.25, 0.3) is 0 Å². The molecule has 16 heavy (non-hydrogen) atoms. The van der Waals surface area contributed by atoms with E-state index in [1.807, 2.05) is 6.92 Å². The summed E-state index contributed by atoms with van der Waals surface area (Å²) in [4.78, 5) is 23.9. The second-order valence-corrected chi connectivity index (χ2v) is 3.67. The van der Waals surface area contributed by atoms with Crippen LogP contribution in [0.3, 0.4) is 0 Å². The number of hydrogen-bond donors (Lipinski definition) is 1. The van der Waals surface area contributed by atoms with E-state index in [9.17, 15) is 9.59 Å². The van der Waals surface area contributed by atoms with Gasteiger partial charge in [-0.05, 0) is 14.0 Å². The molecular formula is C10H20N2O4. The van der Waals surface area contributed by atoms with E-state index in [1.54, 1.807) is 19.1 Å². The minimum Gasteiger partial charge on any atom is -0.468 e. The Morgan fingerprint density at radius 1 is 1.31 bits per heavy atom. The zero-order valence-electron chi connectivity index (χ0n) is 10.3. The zero-order valence-corrected chi connectivity index (χ0v) is 10.3. The number of ether oxygens (including phenoxy) is 2. The first kappa shape index (κ1) is 14.9. The third-order valence-corrected chi connectivity index (χ3v) is 1.86. The first-order chi connectivity index (χ1) is 7.49. The van der Waals surface area contributed by atoms with Crippen LogP contribution in [0, 0.1) is 0 Å². The van der Waals surface area contributed by atoms with Gasteiger partial charge in [0.05, 0.1) is 26.8 Å². The molecule has 1 atom stereocenters. The van der Waals surface area contributed by atoms with Gasteiger partial charge in [0.15, 0.2) is 0 Å².